The topological polar surface area (TPSA) is 79.5 Å². The number of nitrogens with zero attached hydrogens (tertiary/aromatic N) is 3. The Morgan fingerprint density at radius 2 is 2.06 bits per heavy atom. The Morgan fingerprint density at radius 1 is 1.34 bits per heavy atom. The van der Waals surface area contributed by atoms with Gasteiger partial charge in [-0.15, -0.1) is 0 Å². The van der Waals surface area contributed by atoms with E-state index < -0.39 is 17.6 Å². The molecular formula is C21H20Br2F3N3O3. The van der Waals surface area contributed by atoms with Crippen LogP contribution in [0.1, 0.15) is 47.9 Å². The van der Waals surface area contributed by atoms with E-state index >= 15 is 0 Å². The average Bonchev–Trinajstić information content (AvgIpc) is 3.23. The Balaban J connectivity index is 2.24. The van der Waals surface area contributed by atoms with Gasteiger partial charge in [-0.05, 0) is 42.6 Å². The molecule has 1 N–H and O–H groups in total. The molecule has 0 unspecified atom stereocenters. The fraction of sp³-hybridized carbons (Fsp3) is 0.286. The minimum atomic E-state index is -4.47. The third-order valence-electron chi connectivity index (χ3n) is 4.30. The van der Waals surface area contributed by atoms with Gasteiger partial charge in [0.2, 0.25) is 5.82 Å². The Bertz CT molecular complexity index is 1040. The lowest BCUT2D eigenvalue weighted by Crippen LogP contribution is -2.30. The minimum absolute atomic E-state index is 0.0471. The second-order valence-corrected chi connectivity index (χ2v) is 8.07. The number of aliphatic hydroxyl groups is 1. The number of benzene rings is 1. The average molecular weight is 579 g/mol. The van der Waals surface area contributed by atoms with Crippen molar-refractivity contribution in [3.05, 3.63) is 74.5 Å². The summed E-state index contributed by atoms with van der Waals surface area (Å²) in [7, 11) is 0. The summed E-state index contributed by atoms with van der Waals surface area (Å²) in [6.45, 7) is 3.41. The van der Waals surface area contributed by atoms with Crippen molar-refractivity contribution >= 4 is 43.3 Å². The van der Waals surface area contributed by atoms with Crippen LogP contribution in [0.2, 0.25) is 0 Å². The zero-order chi connectivity index (χ0) is 23.9. The van der Waals surface area contributed by atoms with Gasteiger partial charge in [-0.1, -0.05) is 55.2 Å². The lowest BCUT2D eigenvalue weighted by atomic mass is 10.1. The Kier molecular flexibility index (Phi) is 9.26. The predicted molar refractivity (Wildman–Crippen MR) is 121 cm³/mol. The molecular weight excluding hydrogens is 559 g/mol. The molecule has 0 radical (unpaired) electrons. The van der Waals surface area contributed by atoms with Crippen molar-refractivity contribution in [1.29, 1.82) is 0 Å². The highest BCUT2D eigenvalue weighted by molar-refractivity contribution is 9.11. The molecule has 11 heteroatoms. The van der Waals surface area contributed by atoms with Gasteiger partial charge in [-0.25, -0.2) is 0 Å². The Labute approximate surface area is 199 Å². The smallest absolute Gasteiger partial charge is 0.416 e. The first-order valence-corrected chi connectivity index (χ1v) is 11.1. The van der Waals surface area contributed by atoms with Crippen molar-refractivity contribution in [1.82, 2.24) is 15.0 Å². The highest BCUT2D eigenvalue weighted by Gasteiger charge is 2.30. The van der Waals surface area contributed by atoms with Gasteiger partial charge in [0.25, 0.3) is 0 Å². The van der Waals surface area contributed by atoms with Gasteiger partial charge < -0.3 is 14.5 Å². The number of allylic oxidation sites excluding steroid dienone is 5. The van der Waals surface area contributed by atoms with E-state index in [9.17, 15) is 23.1 Å². The lowest BCUT2D eigenvalue weighted by molar-refractivity contribution is -0.137. The van der Waals surface area contributed by atoms with Gasteiger partial charge in [-0.2, -0.15) is 18.2 Å². The van der Waals surface area contributed by atoms with E-state index in [1.165, 1.54) is 24.0 Å². The number of amides is 1. The van der Waals surface area contributed by atoms with E-state index in [4.69, 9.17) is 4.52 Å². The Morgan fingerprint density at radius 3 is 2.66 bits per heavy atom. The molecule has 172 valence electrons. The van der Waals surface area contributed by atoms with E-state index in [0.717, 1.165) is 12.1 Å². The van der Waals surface area contributed by atoms with E-state index in [2.05, 4.69) is 42.0 Å². The van der Waals surface area contributed by atoms with Crippen molar-refractivity contribution < 1.29 is 27.6 Å². The number of alkyl halides is 3. The van der Waals surface area contributed by atoms with Crippen LogP contribution in [-0.2, 0) is 12.7 Å². The maximum absolute atomic E-state index is 13.0. The molecule has 2 rings (SSSR count). The van der Waals surface area contributed by atoms with Gasteiger partial charge in [0, 0.05) is 29.6 Å². The molecule has 1 heterocycles. The van der Waals surface area contributed by atoms with Gasteiger partial charge in [0.15, 0.2) is 0 Å². The fourth-order valence-electron chi connectivity index (χ4n) is 2.61. The van der Waals surface area contributed by atoms with Crippen molar-refractivity contribution in [2.45, 2.75) is 33.0 Å². The molecule has 1 aromatic carbocycles. The summed E-state index contributed by atoms with van der Waals surface area (Å²) in [5.41, 5.74) is 0.0747. The summed E-state index contributed by atoms with van der Waals surface area (Å²) < 4.78 is 44.6. The molecule has 2 aromatic rings. The molecule has 0 saturated heterocycles. The monoisotopic (exact) mass is 577 g/mol. The first kappa shape index (κ1) is 25.9. The first-order valence-electron chi connectivity index (χ1n) is 9.37. The van der Waals surface area contributed by atoms with Gasteiger partial charge in [-0.3, -0.25) is 4.79 Å². The number of aromatic nitrogens is 2. The lowest BCUT2D eigenvalue weighted by Gasteiger charge is -2.19. The summed E-state index contributed by atoms with van der Waals surface area (Å²) in [5.74, 6) is -0.607. The van der Waals surface area contributed by atoms with E-state index in [1.807, 2.05) is 0 Å². The summed E-state index contributed by atoms with van der Waals surface area (Å²) in [5, 5.41) is 13.3. The molecule has 0 aliphatic carbocycles. The van der Waals surface area contributed by atoms with Crippen molar-refractivity contribution in [2.24, 2.45) is 0 Å². The molecule has 0 atom stereocenters. The van der Waals surface area contributed by atoms with Crippen molar-refractivity contribution in [2.75, 3.05) is 6.54 Å². The molecule has 0 aliphatic heterocycles. The normalized spacial score (nSPS) is 13.4. The van der Waals surface area contributed by atoms with Gasteiger partial charge >= 0.3 is 18.0 Å². The quantitative estimate of drug-likeness (QED) is 0.281. The van der Waals surface area contributed by atoms with E-state index in [1.54, 1.807) is 24.1 Å². The predicted octanol–water partition coefficient (Wildman–Crippen LogP) is 6.62. The van der Waals surface area contributed by atoms with Crippen LogP contribution < -0.4 is 0 Å². The molecule has 1 aromatic heterocycles. The SMILES string of the molecule is CCN(Cc1cccc(C(F)(F)F)c1)C(=O)c1nc(C(=CC/C(Br)=C(\C)O)/C=C/Br)no1. The number of rotatable bonds is 8. The zero-order valence-corrected chi connectivity index (χ0v) is 20.3. The van der Waals surface area contributed by atoms with E-state index in [0.29, 0.717) is 22.0 Å². The number of hydrogen-bond donors (Lipinski definition) is 1. The highest BCUT2D eigenvalue weighted by Crippen LogP contribution is 2.30. The van der Waals surface area contributed by atoms with Crippen molar-refractivity contribution in [3.8, 4) is 0 Å². The fourth-order valence-corrected chi connectivity index (χ4v) is 3.05. The molecule has 0 fully saturated rings. The molecule has 0 spiro atoms. The van der Waals surface area contributed by atoms with Gasteiger partial charge in [0.05, 0.1) is 11.3 Å². The van der Waals surface area contributed by atoms with Crippen molar-refractivity contribution in [3.63, 3.8) is 0 Å². The highest BCUT2D eigenvalue weighted by atomic mass is 79.9. The van der Waals surface area contributed by atoms with Crippen LogP contribution in [-0.4, -0.2) is 32.6 Å². The maximum Gasteiger partial charge on any atom is 0.416 e. The van der Waals surface area contributed by atoms with Crippen LogP contribution in [0.15, 0.2) is 56.2 Å². The third kappa shape index (κ3) is 7.06. The molecule has 0 bridgehead atoms. The second kappa shape index (κ2) is 11.5. The van der Waals surface area contributed by atoms with Crippen LogP contribution in [0.3, 0.4) is 0 Å². The minimum Gasteiger partial charge on any atom is -0.512 e. The second-order valence-electron chi connectivity index (χ2n) is 6.59. The first-order chi connectivity index (χ1) is 15.1. The van der Waals surface area contributed by atoms with Crippen LogP contribution in [0.5, 0.6) is 0 Å². The standard InChI is InChI=1S/C21H20Br2F3N3O3/c1-3-29(12-14-5-4-6-16(11-14)21(24,25)26)20(31)19-27-18(28-32-19)15(9-10-22)7-8-17(23)13(2)30/h4-7,9-11,30H,3,8,12H2,1-2H3/b10-9+,15-7?,17-13-. The summed E-state index contributed by atoms with van der Waals surface area (Å²) >= 11 is 6.43. The maximum atomic E-state index is 13.0. The van der Waals surface area contributed by atoms with Crippen LogP contribution in [0.4, 0.5) is 13.2 Å². The van der Waals surface area contributed by atoms with Crippen LogP contribution in [0.25, 0.3) is 5.57 Å². The number of aliphatic hydroxyl groups excluding tert-OH is 1. The number of halogens is 5. The van der Waals surface area contributed by atoms with Crippen LogP contribution >= 0.6 is 31.9 Å². The molecule has 0 aliphatic rings. The molecule has 6 nitrogen and oxygen atoms in total. The third-order valence-corrected chi connectivity index (χ3v) is 5.46. The van der Waals surface area contributed by atoms with Gasteiger partial charge in [0.1, 0.15) is 0 Å². The number of hydrogen-bond acceptors (Lipinski definition) is 5. The summed E-state index contributed by atoms with van der Waals surface area (Å²) in [6.07, 6.45) is -0.750. The number of carbonyl (C=O) groups is 1. The molecule has 0 saturated carbocycles. The summed E-state index contributed by atoms with van der Waals surface area (Å²) in [4.78, 5) is 19.8. The Hall–Kier alpha value is -2.40. The van der Waals surface area contributed by atoms with E-state index in [-0.39, 0.29) is 30.6 Å². The largest absolute Gasteiger partial charge is 0.512 e. The zero-order valence-electron chi connectivity index (χ0n) is 17.2. The molecule has 1 amide bonds. The molecule has 32 heavy (non-hydrogen) atoms. The summed E-state index contributed by atoms with van der Waals surface area (Å²) in [6, 6.07) is 4.79. The number of carbonyl (C=O) groups excluding carboxylic acids is 1. The van der Waals surface area contributed by atoms with Crippen LogP contribution in [0, 0.1) is 0 Å².